The first-order chi connectivity index (χ1) is 8.82. The van der Waals surface area contributed by atoms with E-state index in [-0.39, 0.29) is 11.2 Å². The van der Waals surface area contributed by atoms with E-state index in [2.05, 4.69) is 44.9 Å². The van der Waals surface area contributed by atoms with E-state index in [4.69, 9.17) is 9.31 Å². The van der Waals surface area contributed by atoms with Crippen LogP contribution in [0.5, 0.6) is 0 Å². The largest absolute Gasteiger partial charge is 0.517 e. The Balaban J connectivity index is 2.08. The van der Waals surface area contributed by atoms with Crippen LogP contribution in [0.4, 0.5) is 0 Å². The fraction of sp³-hybridized carbons (Fsp3) is 0.500. The quantitative estimate of drug-likeness (QED) is 0.733. The Morgan fingerprint density at radius 1 is 1.05 bits per heavy atom. The fourth-order valence-electron chi connectivity index (χ4n) is 2.37. The summed E-state index contributed by atoms with van der Waals surface area (Å²) in [5.41, 5.74) is 1.27. The highest BCUT2D eigenvalue weighted by Gasteiger charge is 2.53. The third-order valence-corrected chi connectivity index (χ3v) is 4.26. The predicted octanol–water partition coefficient (Wildman–Crippen LogP) is 1.87. The molecule has 2 heterocycles. The van der Waals surface area contributed by atoms with Crippen LogP contribution in [0.3, 0.4) is 0 Å². The van der Waals surface area contributed by atoms with Crippen molar-refractivity contribution >= 4 is 23.6 Å². The molecule has 2 aromatic rings. The minimum atomic E-state index is -0.406. The summed E-state index contributed by atoms with van der Waals surface area (Å²) in [5, 5.41) is 5.66. The van der Waals surface area contributed by atoms with Crippen molar-refractivity contribution in [3.8, 4) is 0 Å². The van der Waals surface area contributed by atoms with Gasteiger partial charge in [0.05, 0.1) is 16.7 Å². The number of rotatable bonds is 1. The lowest BCUT2D eigenvalue weighted by Crippen LogP contribution is -2.41. The summed E-state index contributed by atoms with van der Waals surface area (Å²) in [6.45, 7) is 8.21. The molecule has 0 aliphatic carbocycles. The van der Waals surface area contributed by atoms with Crippen LogP contribution in [0.1, 0.15) is 27.7 Å². The maximum Gasteiger partial charge on any atom is 0.517 e. The summed E-state index contributed by atoms with van der Waals surface area (Å²) in [6.07, 6.45) is 0. The first-order valence-electron chi connectivity index (χ1n) is 6.59. The van der Waals surface area contributed by atoms with Crippen molar-refractivity contribution in [2.24, 2.45) is 7.05 Å². The molecular formula is C14H19BN2O2. The molecule has 0 radical (unpaired) electrons. The van der Waals surface area contributed by atoms with Crippen molar-refractivity contribution in [2.45, 2.75) is 38.9 Å². The lowest BCUT2D eigenvalue weighted by atomic mass is 9.82. The van der Waals surface area contributed by atoms with Crippen LogP contribution in [0, 0.1) is 0 Å². The van der Waals surface area contributed by atoms with Crippen LogP contribution >= 0.6 is 0 Å². The van der Waals surface area contributed by atoms with E-state index in [9.17, 15) is 0 Å². The van der Waals surface area contributed by atoms with Gasteiger partial charge in [0.1, 0.15) is 5.59 Å². The van der Waals surface area contributed by atoms with Gasteiger partial charge in [0, 0.05) is 12.4 Å². The van der Waals surface area contributed by atoms with E-state index in [0.717, 1.165) is 16.5 Å². The molecule has 4 nitrogen and oxygen atoms in total. The molecule has 1 aliphatic heterocycles. The SMILES string of the molecule is Cn1nc(B2OC(C)(C)C(C)(C)O2)c2ccccc21. The summed E-state index contributed by atoms with van der Waals surface area (Å²) < 4.78 is 14.0. The van der Waals surface area contributed by atoms with E-state index < -0.39 is 7.12 Å². The van der Waals surface area contributed by atoms with Crippen molar-refractivity contribution in [2.75, 3.05) is 0 Å². The molecule has 1 fully saturated rings. The van der Waals surface area contributed by atoms with Gasteiger partial charge in [0.2, 0.25) is 0 Å². The van der Waals surface area contributed by atoms with Gasteiger partial charge in [0.25, 0.3) is 0 Å². The summed E-state index contributed by atoms with van der Waals surface area (Å²) in [5.74, 6) is 0. The monoisotopic (exact) mass is 258 g/mol. The van der Waals surface area contributed by atoms with Crippen LogP contribution in [0.2, 0.25) is 0 Å². The normalized spacial score (nSPS) is 21.2. The summed E-state index contributed by atoms with van der Waals surface area (Å²) in [7, 11) is 1.54. The fourth-order valence-corrected chi connectivity index (χ4v) is 2.37. The Morgan fingerprint density at radius 2 is 1.63 bits per heavy atom. The molecule has 0 saturated carbocycles. The zero-order valence-corrected chi connectivity index (χ0v) is 12.1. The van der Waals surface area contributed by atoms with Crippen molar-refractivity contribution in [1.82, 2.24) is 9.78 Å². The number of nitrogens with zero attached hydrogens (tertiary/aromatic N) is 2. The predicted molar refractivity (Wildman–Crippen MR) is 76.4 cm³/mol. The van der Waals surface area contributed by atoms with Crippen LogP contribution < -0.4 is 5.59 Å². The summed E-state index contributed by atoms with van der Waals surface area (Å²) in [6, 6.07) is 8.14. The Hall–Kier alpha value is -1.33. The van der Waals surface area contributed by atoms with E-state index in [1.54, 1.807) is 0 Å². The first kappa shape index (κ1) is 12.7. The molecular weight excluding hydrogens is 239 g/mol. The van der Waals surface area contributed by atoms with Crippen molar-refractivity contribution in [3.05, 3.63) is 24.3 Å². The van der Waals surface area contributed by atoms with E-state index in [1.165, 1.54) is 0 Å². The topological polar surface area (TPSA) is 36.3 Å². The molecule has 19 heavy (non-hydrogen) atoms. The van der Waals surface area contributed by atoms with E-state index in [0.29, 0.717) is 0 Å². The van der Waals surface area contributed by atoms with Crippen LogP contribution in [0.15, 0.2) is 24.3 Å². The van der Waals surface area contributed by atoms with Crippen LogP contribution in [0.25, 0.3) is 10.9 Å². The van der Waals surface area contributed by atoms with Crippen molar-refractivity contribution in [1.29, 1.82) is 0 Å². The van der Waals surface area contributed by atoms with Gasteiger partial charge >= 0.3 is 7.12 Å². The lowest BCUT2D eigenvalue weighted by molar-refractivity contribution is 0.00578. The van der Waals surface area contributed by atoms with Gasteiger partial charge < -0.3 is 9.31 Å². The number of hydrogen-bond donors (Lipinski definition) is 0. The van der Waals surface area contributed by atoms with Crippen LogP contribution in [-0.4, -0.2) is 28.1 Å². The molecule has 1 saturated heterocycles. The molecule has 0 unspecified atom stereocenters. The van der Waals surface area contributed by atoms with Gasteiger partial charge in [-0.15, -0.1) is 0 Å². The second kappa shape index (κ2) is 3.84. The molecule has 0 atom stereocenters. The highest BCUT2D eigenvalue weighted by molar-refractivity contribution is 6.64. The Labute approximate surface area is 113 Å². The number of para-hydroxylation sites is 1. The third kappa shape index (κ3) is 1.80. The molecule has 1 aliphatic rings. The maximum atomic E-state index is 6.07. The van der Waals surface area contributed by atoms with Crippen molar-refractivity contribution in [3.63, 3.8) is 0 Å². The molecule has 0 amide bonds. The average Bonchev–Trinajstić information content (AvgIpc) is 2.76. The molecule has 3 rings (SSSR count). The van der Waals surface area contributed by atoms with Crippen LogP contribution in [-0.2, 0) is 16.4 Å². The number of hydrogen-bond acceptors (Lipinski definition) is 3. The highest BCUT2D eigenvalue weighted by atomic mass is 16.7. The molecule has 0 bridgehead atoms. The summed E-state index contributed by atoms with van der Waals surface area (Å²) in [4.78, 5) is 0. The Kier molecular flexibility index (Phi) is 2.56. The van der Waals surface area contributed by atoms with E-state index >= 15 is 0 Å². The van der Waals surface area contributed by atoms with Gasteiger partial charge in [-0.1, -0.05) is 18.2 Å². The molecule has 1 aromatic heterocycles. The highest BCUT2D eigenvalue weighted by Crippen LogP contribution is 2.36. The standard InChI is InChI=1S/C14H19BN2O2/c1-13(2)14(3,4)19-15(18-13)12-10-8-6-7-9-11(10)17(5)16-12/h6-9H,1-5H3. The number of aryl methyl sites for hydroxylation is 1. The molecule has 5 heteroatoms. The molecule has 0 N–H and O–H groups in total. The second-order valence-corrected chi connectivity index (χ2v) is 6.11. The van der Waals surface area contributed by atoms with E-state index in [1.807, 2.05) is 23.9 Å². The number of aromatic nitrogens is 2. The van der Waals surface area contributed by atoms with Gasteiger partial charge in [-0.3, -0.25) is 4.68 Å². The zero-order chi connectivity index (χ0) is 13.8. The molecule has 100 valence electrons. The third-order valence-electron chi connectivity index (χ3n) is 4.26. The summed E-state index contributed by atoms with van der Waals surface area (Å²) >= 11 is 0. The average molecular weight is 258 g/mol. The van der Waals surface area contributed by atoms with Gasteiger partial charge in [-0.25, -0.2) is 0 Å². The first-order valence-corrected chi connectivity index (χ1v) is 6.59. The minimum absolute atomic E-state index is 0.337. The molecule has 0 spiro atoms. The van der Waals surface area contributed by atoms with Gasteiger partial charge in [0.15, 0.2) is 0 Å². The number of benzene rings is 1. The Bertz CT molecular complexity index is 617. The zero-order valence-electron chi connectivity index (χ0n) is 12.1. The number of fused-ring (bicyclic) bond motifs is 1. The van der Waals surface area contributed by atoms with Crippen molar-refractivity contribution < 1.29 is 9.31 Å². The second-order valence-electron chi connectivity index (χ2n) is 6.11. The van der Waals surface area contributed by atoms with Gasteiger partial charge in [-0.05, 0) is 33.8 Å². The smallest absolute Gasteiger partial charge is 0.398 e. The maximum absolute atomic E-state index is 6.07. The lowest BCUT2D eigenvalue weighted by Gasteiger charge is -2.32. The Morgan fingerprint density at radius 3 is 2.26 bits per heavy atom. The molecule has 1 aromatic carbocycles. The van der Waals surface area contributed by atoms with Gasteiger partial charge in [-0.2, -0.15) is 5.10 Å². The minimum Gasteiger partial charge on any atom is -0.398 e.